The number of carbonyl (C=O) groups is 1. The summed E-state index contributed by atoms with van der Waals surface area (Å²) in [6, 6.07) is 1.87. The number of hydrogen-bond acceptors (Lipinski definition) is 5. The summed E-state index contributed by atoms with van der Waals surface area (Å²) >= 11 is 0. The first-order valence-electron chi connectivity index (χ1n) is 9.00. The summed E-state index contributed by atoms with van der Waals surface area (Å²) in [5, 5.41) is 6.96. The molecule has 2 aromatic heterocycles. The molecular weight excluding hydrogens is 342 g/mol. The third-order valence-electron chi connectivity index (χ3n) is 5.45. The highest BCUT2D eigenvalue weighted by Gasteiger charge is 2.38. The molecular formula is C18H20F2N4O2. The van der Waals surface area contributed by atoms with E-state index in [9.17, 15) is 13.6 Å². The van der Waals surface area contributed by atoms with Gasteiger partial charge in [-0.15, -0.1) is 10.2 Å². The van der Waals surface area contributed by atoms with Crippen molar-refractivity contribution >= 4 is 5.91 Å². The van der Waals surface area contributed by atoms with Crippen LogP contribution in [0.1, 0.15) is 67.4 Å². The monoisotopic (exact) mass is 362 g/mol. The van der Waals surface area contributed by atoms with Crippen LogP contribution in [0.15, 0.2) is 16.7 Å². The summed E-state index contributed by atoms with van der Waals surface area (Å²) in [6.45, 7) is 2.67. The van der Waals surface area contributed by atoms with Crippen LogP contribution in [0, 0.1) is 5.92 Å². The average molecular weight is 362 g/mol. The lowest BCUT2D eigenvalue weighted by atomic mass is 9.82. The maximum atomic E-state index is 13.0. The summed E-state index contributed by atoms with van der Waals surface area (Å²) in [6.07, 6.45) is 4.26. The van der Waals surface area contributed by atoms with Crippen LogP contribution in [0.3, 0.4) is 0 Å². The van der Waals surface area contributed by atoms with Gasteiger partial charge in [-0.05, 0) is 24.8 Å². The Morgan fingerprint density at radius 3 is 2.85 bits per heavy atom. The lowest BCUT2D eigenvalue weighted by Gasteiger charge is -2.37. The van der Waals surface area contributed by atoms with Crippen molar-refractivity contribution in [2.45, 2.75) is 58.0 Å². The minimum absolute atomic E-state index is 0.0479. The Bertz CT molecular complexity index is 823. The van der Waals surface area contributed by atoms with Crippen molar-refractivity contribution in [3.63, 3.8) is 0 Å². The largest absolute Gasteiger partial charge is 0.415 e. The van der Waals surface area contributed by atoms with Gasteiger partial charge in [0.25, 0.3) is 11.8 Å². The van der Waals surface area contributed by atoms with Crippen molar-refractivity contribution in [3.05, 3.63) is 29.4 Å². The molecule has 0 saturated heterocycles. The molecule has 8 heteroatoms. The minimum atomic E-state index is -2.83. The van der Waals surface area contributed by atoms with E-state index in [1.807, 2.05) is 4.90 Å². The number of rotatable bonds is 4. The highest BCUT2D eigenvalue weighted by molar-refractivity contribution is 5.98. The molecule has 2 aliphatic rings. The molecule has 2 atom stereocenters. The van der Waals surface area contributed by atoms with Crippen LogP contribution in [-0.2, 0) is 6.54 Å². The fourth-order valence-corrected chi connectivity index (χ4v) is 4.09. The number of amides is 1. The Kier molecular flexibility index (Phi) is 4.42. The van der Waals surface area contributed by atoms with Gasteiger partial charge in [-0.1, -0.05) is 26.2 Å². The SMILES string of the molecule is CC[C@@H]1CCCC[C@H]1N1Cc2ncc(-c3nnc(C(F)F)o3)cc2C1=O. The lowest BCUT2D eigenvalue weighted by molar-refractivity contribution is 0.0553. The Morgan fingerprint density at radius 2 is 2.12 bits per heavy atom. The van der Waals surface area contributed by atoms with Gasteiger partial charge >= 0.3 is 6.43 Å². The number of aromatic nitrogens is 3. The van der Waals surface area contributed by atoms with E-state index in [1.54, 1.807) is 6.07 Å². The van der Waals surface area contributed by atoms with Crippen molar-refractivity contribution in [2.75, 3.05) is 0 Å². The molecule has 1 fully saturated rings. The van der Waals surface area contributed by atoms with Gasteiger partial charge in [0.2, 0.25) is 5.89 Å². The zero-order valence-corrected chi connectivity index (χ0v) is 14.5. The number of carbonyl (C=O) groups excluding carboxylic acids is 1. The van der Waals surface area contributed by atoms with E-state index in [1.165, 1.54) is 12.6 Å². The topological polar surface area (TPSA) is 72.1 Å². The van der Waals surface area contributed by atoms with Gasteiger partial charge in [0.15, 0.2) is 0 Å². The lowest BCUT2D eigenvalue weighted by Crippen LogP contribution is -2.42. The van der Waals surface area contributed by atoms with E-state index in [4.69, 9.17) is 4.42 Å². The van der Waals surface area contributed by atoms with E-state index < -0.39 is 12.3 Å². The average Bonchev–Trinajstić information content (AvgIpc) is 3.27. The molecule has 0 bridgehead atoms. The molecule has 0 N–H and O–H groups in total. The predicted octanol–water partition coefficient (Wildman–Crippen LogP) is 3.99. The van der Waals surface area contributed by atoms with E-state index in [2.05, 4.69) is 22.1 Å². The number of fused-ring (bicyclic) bond motifs is 1. The molecule has 1 saturated carbocycles. The zero-order valence-electron chi connectivity index (χ0n) is 14.5. The van der Waals surface area contributed by atoms with Crippen LogP contribution >= 0.6 is 0 Å². The Balaban J connectivity index is 1.60. The van der Waals surface area contributed by atoms with E-state index >= 15 is 0 Å². The van der Waals surface area contributed by atoms with Gasteiger partial charge in [-0.3, -0.25) is 9.78 Å². The second kappa shape index (κ2) is 6.74. The van der Waals surface area contributed by atoms with Gasteiger partial charge in [0.05, 0.1) is 23.4 Å². The summed E-state index contributed by atoms with van der Waals surface area (Å²) in [7, 11) is 0. The summed E-state index contributed by atoms with van der Waals surface area (Å²) in [5.41, 5.74) is 1.60. The smallest absolute Gasteiger partial charge is 0.314 e. The van der Waals surface area contributed by atoms with E-state index in [0.717, 1.165) is 25.7 Å². The second-order valence-corrected chi connectivity index (χ2v) is 6.92. The Morgan fingerprint density at radius 1 is 1.31 bits per heavy atom. The number of alkyl halides is 2. The first-order chi connectivity index (χ1) is 12.6. The fourth-order valence-electron chi connectivity index (χ4n) is 4.09. The first-order valence-corrected chi connectivity index (χ1v) is 9.00. The molecule has 0 unspecified atom stereocenters. The third-order valence-corrected chi connectivity index (χ3v) is 5.45. The van der Waals surface area contributed by atoms with Crippen molar-refractivity contribution in [3.8, 4) is 11.5 Å². The van der Waals surface area contributed by atoms with Crippen LogP contribution in [0.5, 0.6) is 0 Å². The standard InChI is InChI=1S/C18H20F2N4O2/c1-2-10-5-3-4-6-14(10)24-9-13-12(18(24)25)7-11(8-21-13)16-22-23-17(26-16)15(19)20/h7-8,10,14-15H,2-6,9H2,1H3/t10-,14-/m1/s1. The number of hydrogen-bond donors (Lipinski definition) is 0. The maximum absolute atomic E-state index is 13.0. The highest BCUT2D eigenvalue weighted by atomic mass is 19.3. The molecule has 4 rings (SSSR count). The Labute approximate surface area is 149 Å². The number of pyridine rings is 1. The molecule has 1 aliphatic carbocycles. The van der Waals surface area contributed by atoms with E-state index in [-0.39, 0.29) is 17.8 Å². The minimum Gasteiger partial charge on any atom is -0.415 e. The third kappa shape index (κ3) is 2.87. The molecule has 0 radical (unpaired) electrons. The molecule has 1 amide bonds. The van der Waals surface area contributed by atoms with Crippen molar-refractivity contribution in [1.29, 1.82) is 0 Å². The molecule has 138 valence electrons. The van der Waals surface area contributed by atoms with Crippen LogP contribution < -0.4 is 0 Å². The number of halogens is 2. The van der Waals surface area contributed by atoms with Crippen molar-refractivity contribution in [2.24, 2.45) is 5.92 Å². The van der Waals surface area contributed by atoms with Crippen LogP contribution in [-0.4, -0.2) is 32.0 Å². The second-order valence-electron chi connectivity index (χ2n) is 6.92. The number of nitrogens with zero attached hydrogens (tertiary/aromatic N) is 4. The van der Waals surface area contributed by atoms with E-state index in [0.29, 0.717) is 29.3 Å². The molecule has 3 heterocycles. The van der Waals surface area contributed by atoms with Gasteiger partial charge in [-0.25, -0.2) is 0 Å². The molecule has 0 spiro atoms. The molecule has 0 aromatic carbocycles. The summed E-state index contributed by atoms with van der Waals surface area (Å²) < 4.78 is 30.2. The van der Waals surface area contributed by atoms with Gasteiger partial charge < -0.3 is 9.32 Å². The summed E-state index contributed by atoms with van der Waals surface area (Å²) in [5.74, 6) is -0.313. The van der Waals surface area contributed by atoms with Crippen molar-refractivity contribution in [1.82, 2.24) is 20.1 Å². The molecule has 26 heavy (non-hydrogen) atoms. The fraction of sp³-hybridized carbons (Fsp3) is 0.556. The summed E-state index contributed by atoms with van der Waals surface area (Å²) in [4.78, 5) is 19.2. The molecule has 1 aliphatic heterocycles. The predicted molar refractivity (Wildman–Crippen MR) is 88.4 cm³/mol. The molecule has 6 nitrogen and oxygen atoms in total. The van der Waals surface area contributed by atoms with Crippen LogP contribution in [0.4, 0.5) is 8.78 Å². The quantitative estimate of drug-likeness (QED) is 0.822. The van der Waals surface area contributed by atoms with Gasteiger partial charge in [0.1, 0.15) is 0 Å². The van der Waals surface area contributed by atoms with Crippen LogP contribution in [0.25, 0.3) is 11.5 Å². The van der Waals surface area contributed by atoms with Crippen LogP contribution in [0.2, 0.25) is 0 Å². The van der Waals surface area contributed by atoms with Gasteiger partial charge in [0, 0.05) is 12.2 Å². The highest BCUT2D eigenvalue weighted by Crippen LogP contribution is 2.36. The first kappa shape index (κ1) is 17.1. The molecule has 2 aromatic rings. The zero-order chi connectivity index (χ0) is 18.3. The van der Waals surface area contributed by atoms with Crippen molar-refractivity contribution < 1.29 is 18.0 Å². The van der Waals surface area contributed by atoms with Gasteiger partial charge in [-0.2, -0.15) is 8.78 Å². The Hall–Kier alpha value is -2.38. The normalized spacial score (nSPS) is 22.9. The maximum Gasteiger partial charge on any atom is 0.314 e.